The standard InChI is InChI=1S/C27H22BrN3O7S/c1-36-22-9-7-20(8-10-22)30-26(33)23(29(27(30)39)15-25(32)37-2)14-18-13-19(28)6-11-24(18)38-16-17-4-3-5-21(12-17)31(34)35/h3-14H,15-16H2,1-2H3/b23-14-. The zero-order chi connectivity index (χ0) is 28.1. The summed E-state index contributed by atoms with van der Waals surface area (Å²) in [5.41, 5.74) is 1.71. The second-order valence-corrected chi connectivity index (χ2v) is 9.49. The van der Waals surface area contributed by atoms with Crippen LogP contribution in [0.2, 0.25) is 0 Å². The number of carbonyl (C=O) groups is 2. The fourth-order valence-electron chi connectivity index (χ4n) is 3.82. The van der Waals surface area contributed by atoms with Gasteiger partial charge in [0.2, 0.25) is 0 Å². The lowest BCUT2D eigenvalue weighted by Crippen LogP contribution is -2.35. The number of ether oxygens (including phenoxy) is 3. The van der Waals surface area contributed by atoms with Crippen molar-refractivity contribution < 1.29 is 28.7 Å². The Labute approximate surface area is 237 Å². The third-order valence-electron chi connectivity index (χ3n) is 5.76. The summed E-state index contributed by atoms with van der Waals surface area (Å²) in [4.78, 5) is 39.3. The van der Waals surface area contributed by atoms with Crippen molar-refractivity contribution in [2.45, 2.75) is 6.61 Å². The molecule has 12 heteroatoms. The van der Waals surface area contributed by atoms with Crippen molar-refractivity contribution in [2.24, 2.45) is 0 Å². The molecule has 0 unspecified atom stereocenters. The molecule has 0 aromatic heterocycles. The molecule has 0 N–H and O–H groups in total. The van der Waals surface area contributed by atoms with Crippen LogP contribution in [0.4, 0.5) is 11.4 Å². The first-order valence-corrected chi connectivity index (χ1v) is 12.7. The molecule has 1 aliphatic heterocycles. The zero-order valence-corrected chi connectivity index (χ0v) is 23.2. The number of esters is 1. The number of rotatable bonds is 9. The summed E-state index contributed by atoms with van der Waals surface area (Å²) in [7, 11) is 2.79. The molecule has 3 aromatic carbocycles. The largest absolute Gasteiger partial charge is 0.497 e. The van der Waals surface area contributed by atoms with Gasteiger partial charge in [-0.15, -0.1) is 0 Å². The highest BCUT2D eigenvalue weighted by Crippen LogP contribution is 2.33. The summed E-state index contributed by atoms with van der Waals surface area (Å²) in [6.07, 6.45) is 1.58. The van der Waals surface area contributed by atoms with E-state index in [-0.39, 0.29) is 29.6 Å². The number of nitrogens with zero attached hydrogens (tertiary/aromatic N) is 3. The van der Waals surface area contributed by atoms with Crippen LogP contribution in [0.5, 0.6) is 11.5 Å². The van der Waals surface area contributed by atoms with E-state index in [4.69, 9.17) is 26.4 Å². The molecule has 1 heterocycles. The number of nitro groups is 1. The van der Waals surface area contributed by atoms with Crippen molar-refractivity contribution in [3.8, 4) is 11.5 Å². The van der Waals surface area contributed by atoms with Crippen LogP contribution >= 0.6 is 28.1 Å². The van der Waals surface area contributed by atoms with E-state index in [2.05, 4.69) is 15.9 Å². The first kappa shape index (κ1) is 27.7. The van der Waals surface area contributed by atoms with Gasteiger partial charge in [-0.25, -0.2) is 0 Å². The van der Waals surface area contributed by atoms with E-state index in [1.165, 1.54) is 36.2 Å². The Balaban J connectivity index is 1.70. The van der Waals surface area contributed by atoms with E-state index in [9.17, 15) is 19.7 Å². The highest BCUT2D eigenvalue weighted by atomic mass is 79.9. The molecule has 0 aliphatic carbocycles. The van der Waals surface area contributed by atoms with E-state index in [1.807, 2.05) is 0 Å². The number of amides is 1. The van der Waals surface area contributed by atoms with Gasteiger partial charge in [-0.2, -0.15) is 0 Å². The number of methoxy groups -OCH3 is 2. The molecule has 3 aromatic rings. The lowest BCUT2D eigenvalue weighted by Gasteiger charge is -2.19. The van der Waals surface area contributed by atoms with Gasteiger partial charge in [-0.1, -0.05) is 28.1 Å². The van der Waals surface area contributed by atoms with Gasteiger partial charge in [0.1, 0.15) is 30.3 Å². The summed E-state index contributed by atoms with van der Waals surface area (Å²) in [6.45, 7) is -0.229. The molecule has 200 valence electrons. The maximum absolute atomic E-state index is 13.7. The number of anilines is 1. The number of benzene rings is 3. The minimum absolute atomic E-state index is 0.0450. The smallest absolute Gasteiger partial charge is 0.325 e. The molecule has 0 spiro atoms. The lowest BCUT2D eigenvalue weighted by atomic mass is 10.1. The van der Waals surface area contributed by atoms with Gasteiger partial charge in [0, 0.05) is 22.2 Å². The van der Waals surface area contributed by atoms with Crippen molar-refractivity contribution in [1.29, 1.82) is 0 Å². The highest BCUT2D eigenvalue weighted by molar-refractivity contribution is 9.10. The molecule has 39 heavy (non-hydrogen) atoms. The number of thiocarbonyl (C=S) groups is 1. The van der Waals surface area contributed by atoms with E-state index in [0.717, 1.165) is 4.47 Å². The number of hydrogen-bond acceptors (Lipinski definition) is 8. The normalized spacial score (nSPS) is 14.1. The van der Waals surface area contributed by atoms with E-state index < -0.39 is 16.8 Å². The molecule has 1 aliphatic rings. The topological polar surface area (TPSA) is 111 Å². The molecule has 0 atom stereocenters. The Hall–Kier alpha value is -4.29. The van der Waals surface area contributed by atoms with Gasteiger partial charge in [0.25, 0.3) is 11.6 Å². The highest BCUT2D eigenvalue weighted by Gasteiger charge is 2.40. The van der Waals surface area contributed by atoms with Crippen LogP contribution in [0.3, 0.4) is 0 Å². The minimum Gasteiger partial charge on any atom is -0.497 e. The Bertz CT molecular complexity index is 1480. The molecule has 10 nitrogen and oxygen atoms in total. The van der Waals surface area contributed by atoms with Crippen LogP contribution < -0.4 is 14.4 Å². The summed E-state index contributed by atoms with van der Waals surface area (Å²) >= 11 is 9.05. The van der Waals surface area contributed by atoms with Gasteiger partial charge >= 0.3 is 5.97 Å². The number of carbonyl (C=O) groups excluding carboxylic acids is 2. The molecule has 1 saturated heterocycles. The summed E-state index contributed by atoms with van der Waals surface area (Å²) in [5.74, 6) is -0.00212. The number of halogens is 1. The fourth-order valence-corrected chi connectivity index (χ4v) is 4.55. The number of nitro benzene ring substituents is 1. The van der Waals surface area contributed by atoms with Crippen LogP contribution in [-0.4, -0.2) is 47.6 Å². The Morgan fingerprint density at radius 2 is 1.85 bits per heavy atom. The van der Waals surface area contributed by atoms with Gasteiger partial charge in [-0.3, -0.25) is 24.6 Å². The van der Waals surface area contributed by atoms with Gasteiger partial charge < -0.3 is 19.1 Å². The second kappa shape index (κ2) is 12.0. The Morgan fingerprint density at radius 1 is 1.10 bits per heavy atom. The van der Waals surface area contributed by atoms with Crippen molar-refractivity contribution in [1.82, 2.24) is 4.90 Å². The van der Waals surface area contributed by atoms with E-state index >= 15 is 0 Å². The number of hydrogen-bond donors (Lipinski definition) is 0. The monoisotopic (exact) mass is 611 g/mol. The zero-order valence-electron chi connectivity index (χ0n) is 20.8. The van der Waals surface area contributed by atoms with Gasteiger partial charge in [0.15, 0.2) is 5.11 Å². The summed E-state index contributed by atoms with van der Waals surface area (Å²) in [5, 5.41) is 11.2. The van der Waals surface area contributed by atoms with Gasteiger partial charge in [-0.05, 0) is 66.3 Å². The molecule has 4 rings (SSSR count). The Kier molecular flexibility index (Phi) is 8.57. The fraction of sp³-hybridized carbons (Fsp3) is 0.148. The van der Waals surface area contributed by atoms with Crippen LogP contribution in [0.25, 0.3) is 6.08 Å². The average molecular weight is 612 g/mol. The average Bonchev–Trinajstić information content (AvgIpc) is 3.16. The summed E-state index contributed by atoms with van der Waals surface area (Å²) in [6, 6.07) is 18.1. The summed E-state index contributed by atoms with van der Waals surface area (Å²) < 4.78 is 16.7. The van der Waals surface area contributed by atoms with Crippen molar-refractivity contribution in [3.05, 3.63) is 98.1 Å². The lowest BCUT2D eigenvalue weighted by molar-refractivity contribution is -0.384. The maximum atomic E-state index is 13.7. The quantitative estimate of drug-likeness (QED) is 0.107. The van der Waals surface area contributed by atoms with Crippen LogP contribution in [0.1, 0.15) is 11.1 Å². The number of non-ortho nitro benzene ring substituents is 1. The molecule has 1 amide bonds. The molecular formula is C27H22BrN3O7S. The van der Waals surface area contributed by atoms with Gasteiger partial charge in [0.05, 0.1) is 24.8 Å². The molecular weight excluding hydrogens is 590 g/mol. The molecule has 0 bridgehead atoms. The van der Waals surface area contributed by atoms with Crippen molar-refractivity contribution in [2.75, 3.05) is 25.7 Å². The first-order valence-electron chi connectivity index (χ1n) is 11.5. The predicted molar refractivity (Wildman–Crippen MR) is 151 cm³/mol. The molecule has 0 radical (unpaired) electrons. The predicted octanol–water partition coefficient (Wildman–Crippen LogP) is 5.09. The first-order chi connectivity index (χ1) is 18.7. The second-order valence-electron chi connectivity index (χ2n) is 8.21. The van der Waals surface area contributed by atoms with Crippen LogP contribution in [-0.2, 0) is 20.9 Å². The maximum Gasteiger partial charge on any atom is 0.325 e. The van der Waals surface area contributed by atoms with E-state index in [1.54, 1.807) is 60.7 Å². The SMILES string of the molecule is COC(=O)CN1C(=S)N(c2ccc(OC)cc2)C(=O)/C1=C/c1cc(Br)ccc1OCc1cccc([N+](=O)[O-])c1. The Morgan fingerprint density at radius 3 is 2.51 bits per heavy atom. The third kappa shape index (κ3) is 6.24. The van der Waals surface area contributed by atoms with E-state index in [0.29, 0.717) is 28.3 Å². The third-order valence-corrected chi connectivity index (χ3v) is 6.66. The van der Waals surface area contributed by atoms with Crippen molar-refractivity contribution >= 4 is 62.6 Å². The molecule has 1 fully saturated rings. The van der Waals surface area contributed by atoms with Crippen LogP contribution in [0, 0.1) is 10.1 Å². The van der Waals surface area contributed by atoms with Crippen molar-refractivity contribution in [3.63, 3.8) is 0 Å². The van der Waals surface area contributed by atoms with Crippen LogP contribution in [0.15, 0.2) is 76.9 Å². The minimum atomic E-state index is -0.580. The molecule has 0 saturated carbocycles.